The van der Waals surface area contributed by atoms with Crippen LogP contribution in [0.15, 0.2) is 24.3 Å². The van der Waals surface area contributed by atoms with Gasteiger partial charge in [0, 0.05) is 20.2 Å². The minimum Gasteiger partial charge on any atom is -0.378 e. The van der Waals surface area contributed by atoms with Crippen LogP contribution in [0.25, 0.3) is 5.69 Å². The van der Waals surface area contributed by atoms with Gasteiger partial charge in [0.1, 0.15) is 5.69 Å². The Hall–Kier alpha value is -2.25. The normalized spacial score (nSPS) is 15.0. The largest absolute Gasteiger partial charge is 0.378 e. The fourth-order valence-corrected chi connectivity index (χ4v) is 2.54. The van der Waals surface area contributed by atoms with Crippen LogP contribution in [0.2, 0.25) is 0 Å². The Kier molecular flexibility index (Phi) is 4.68. The van der Waals surface area contributed by atoms with E-state index in [1.165, 1.54) is 0 Å². The summed E-state index contributed by atoms with van der Waals surface area (Å²) in [5.41, 5.74) is 3.02. The van der Waals surface area contributed by atoms with Gasteiger partial charge in [0.25, 0.3) is 5.91 Å². The molecular weight excluding hydrogens is 296 g/mol. The van der Waals surface area contributed by atoms with Crippen molar-refractivity contribution in [2.75, 3.05) is 33.4 Å². The first kappa shape index (κ1) is 15.6. The number of aromatic nitrogens is 3. The molecule has 23 heavy (non-hydrogen) atoms. The number of amides is 1. The average molecular weight is 316 g/mol. The van der Waals surface area contributed by atoms with Crippen LogP contribution < -0.4 is 0 Å². The Labute approximate surface area is 134 Å². The number of benzene rings is 1. The molecule has 1 aromatic heterocycles. The highest BCUT2D eigenvalue weighted by molar-refractivity contribution is 5.93. The molecule has 7 heteroatoms. The van der Waals surface area contributed by atoms with E-state index in [-0.39, 0.29) is 12.5 Å². The lowest BCUT2D eigenvalue weighted by molar-refractivity contribution is 0.0296. The zero-order valence-corrected chi connectivity index (χ0v) is 13.4. The molecule has 3 rings (SSSR count). The zero-order chi connectivity index (χ0) is 16.2. The van der Waals surface area contributed by atoms with Gasteiger partial charge >= 0.3 is 0 Å². The summed E-state index contributed by atoms with van der Waals surface area (Å²) in [5.74, 6) is -0.126. The highest BCUT2D eigenvalue weighted by atomic mass is 16.5. The molecule has 1 aromatic carbocycles. The monoisotopic (exact) mass is 316 g/mol. The van der Waals surface area contributed by atoms with Crippen LogP contribution in [0.3, 0.4) is 0 Å². The number of nitrogens with zero attached hydrogens (tertiary/aromatic N) is 4. The lowest BCUT2D eigenvalue weighted by atomic mass is 10.2. The maximum absolute atomic E-state index is 12.7. The first-order valence-electron chi connectivity index (χ1n) is 7.58. The lowest BCUT2D eigenvalue weighted by Crippen LogP contribution is -2.41. The van der Waals surface area contributed by atoms with Crippen LogP contribution in [0.5, 0.6) is 0 Å². The van der Waals surface area contributed by atoms with Gasteiger partial charge in [0.15, 0.2) is 5.69 Å². The number of carbonyl (C=O) groups excluding carboxylic acids is 1. The quantitative estimate of drug-likeness (QED) is 0.847. The molecule has 2 heterocycles. The molecule has 0 bridgehead atoms. The molecule has 122 valence electrons. The Bertz CT molecular complexity index is 675. The molecule has 1 fully saturated rings. The van der Waals surface area contributed by atoms with E-state index in [0.29, 0.717) is 37.7 Å². The van der Waals surface area contributed by atoms with E-state index in [1.54, 1.807) is 16.7 Å². The molecule has 1 aliphatic heterocycles. The SMILES string of the molecule is COCc1c(C(=O)N2CCOCC2)nnn1-c1ccc(C)cc1. The highest BCUT2D eigenvalue weighted by Crippen LogP contribution is 2.17. The number of morpholine rings is 1. The molecule has 0 N–H and O–H groups in total. The van der Waals surface area contributed by atoms with Gasteiger partial charge in [-0.1, -0.05) is 22.9 Å². The molecule has 0 atom stereocenters. The van der Waals surface area contributed by atoms with Crippen LogP contribution in [-0.4, -0.2) is 59.2 Å². The summed E-state index contributed by atoms with van der Waals surface area (Å²) in [4.78, 5) is 14.4. The van der Waals surface area contributed by atoms with Crippen molar-refractivity contribution in [2.24, 2.45) is 0 Å². The summed E-state index contributed by atoms with van der Waals surface area (Å²) in [7, 11) is 1.59. The Morgan fingerprint density at radius 1 is 1.26 bits per heavy atom. The standard InChI is InChI=1S/C16H20N4O3/c1-12-3-5-13(6-4-12)20-14(11-22-2)15(17-18-20)16(21)19-7-9-23-10-8-19/h3-6H,7-11H2,1-2H3. The number of carbonyl (C=O) groups is 1. The molecule has 0 aliphatic carbocycles. The molecule has 2 aromatic rings. The molecule has 0 radical (unpaired) electrons. The number of hydrogen-bond donors (Lipinski definition) is 0. The van der Waals surface area contributed by atoms with Gasteiger partial charge in [-0.15, -0.1) is 5.10 Å². The number of ether oxygens (including phenoxy) is 2. The smallest absolute Gasteiger partial charge is 0.276 e. The second-order valence-corrected chi connectivity index (χ2v) is 5.47. The molecule has 1 amide bonds. The Morgan fingerprint density at radius 3 is 2.61 bits per heavy atom. The van der Waals surface area contributed by atoms with Crippen molar-refractivity contribution in [3.63, 3.8) is 0 Å². The van der Waals surface area contributed by atoms with Crippen LogP contribution >= 0.6 is 0 Å². The van der Waals surface area contributed by atoms with E-state index in [4.69, 9.17) is 9.47 Å². The maximum Gasteiger partial charge on any atom is 0.276 e. The molecule has 0 saturated carbocycles. The Balaban J connectivity index is 1.94. The lowest BCUT2D eigenvalue weighted by Gasteiger charge is -2.26. The second-order valence-electron chi connectivity index (χ2n) is 5.47. The predicted octanol–water partition coefficient (Wildman–Crippen LogP) is 1.19. The van der Waals surface area contributed by atoms with Crippen molar-refractivity contribution in [1.29, 1.82) is 0 Å². The van der Waals surface area contributed by atoms with E-state index in [0.717, 1.165) is 11.3 Å². The van der Waals surface area contributed by atoms with Gasteiger partial charge in [-0.2, -0.15) is 0 Å². The fourth-order valence-electron chi connectivity index (χ4n) is 2.54. The van der Waals surface area contributed by atoms with Gasteiger partial charge in [0.2, 0.25) is 0 Å². The van der Waals surface area contributed by atoms with E-state index in [2.05, 4.69) is 10.3 Å². The second kappa shape index (κ2) is 6.89. The number of rotatable bonds is 4. The van der Waals surface area contributed by atoms with Crippen molar-refractivity contribution in [1.82, 2.24) is 19.9 Å². The van der Waals surface area contributed by atoms with Crippen LogP contribution in [0.4, 0.5) is 0 Å². The summed E-state index contributed by atoms with van der Waals surface area (Å²) < 4.78 is 12.2. The zero-order valence-electron chi connectivity index (χ0n) is 13.4. The van der Waals surface area contributed by atoms with Crippen molar-refractivity contribution in [2.45, 2.75) is 13.5 Å². The summed E-state index contributed by atoms with van der Waals surface area (Å²) in [6.45, 7) is 4.54. The van der Waals surface area contributed by atoms with Crippen LogP contribution in [0, 0.1) is 6.92 Å². The predicted molar refractivity (Wildman–Crippen MR) is 83.5 cm³/mol. The van der Waals surface area contributed by atoms with E-state index >= 15 is 0 Å². The molecule has 7 nitrogen and oxygen atoms in total. The third-order valence-corrected chi connectivity index (χ3v) is 3.82. The summed E-state index contributed by atoms with van der Waals surface area (Å²) >= 11 is 0. The number of aryl methyl sites for hydroxylation is 1. The van der Waals surface area contributed by atoms with Gasteiger partial charge in [-0.25, -0.2) is 4.68 Å². The van der Waals surface area contributed by atoms with Crippen molar-refractivity contribution in [3.8, 4) is 5.69 Å². The maximum atomic E-state index is 12.7. The number of hydrogen-bond acceptors (Lipinski definition) is 5. The van der Waals surface area contributed by atoms with E-state index in [1.807, 2.05) is 31.2 Å². The van der Waals surface area contributed by atoms with Crippen molar-refractivity contribution >= 4 is 5.91 Å². The molecule has 0 spiro atoms. The third-order valence-electron chi connectivity index (χ3n) is 3.82. The minimum absolute atomic E-state index is 0.126. The molecule has 1 aliphatic rings. The molecule has 1 saturated heterocycles. The first-order valence-corrected chi connectivity index (χ1v) is 7.58. The van der Waals surface area contributed by atoms with E-state index < -0.39 is 0 Å². The van der Waals surface area contributed by atoms with Crippen LogP contribution in [-0.2, 0) is 16.1 Å². The van der Waals surface area contributed by atoms with Gasteiger partial charge in [-0.3, -0.25) is 4.79 Å². The summed E-state index contributed by atoms with van der Waals surface area (Å²) in [5, 5.41) is 8.27. The fraction of sp³-hybridized carbons (Fsp3) is 0.438. The number of methoxy groups -OCH3 is 1. The third kappa shape index (κ3) is 3.25. The van der Waals surface area contributed by atoms with Crippen LogP contribution in [0.1, 0.15) is 21.7 Å². The Morgan fingerprint density at radius 2 is 1.96 bits per heavy atom. The first-order chi connectivity index (χ1) is 11.2. The minimum atomic E-state index is -0.126. The van der Waals surface area contributed by atoms with E-state index in [9.17, 15) is 4.79 Å². The topological polar surface area (TPSA) is 69.5 Å². The summed E-state index contributed by atoms with van der Waals surface area (Å²) in [6.07, 6.45) is 0. The molecule has 0 unspecified atom stereocenters. The van der Waals surface area contributed by atoms with Gasteiger partial charge < -0.3 is 14.4 Å². The van der Waals surface area contributed by atoms with Gasteiger partial charge in [0.05, 0.1) is 25.5 Å². The average Bonchev–Trinajstić information content (AvgIpc) is 3.00. The highest BCUT2D eigenvalue weighted by Gasteiger charge is 2.26. The summed E-state index contributed by atoms with van der Waals surface area (Å²) in [6, 6.07) is 7.90. The van der Waals surface area contributed by atoms with Gasteiger partial charge in [-0.05, 0) is 19.1 Å². The molecular formula is C16H20N4O3. The van der Waals surface area contributed by atoms with Crippen molar-refractivity contribution < 1.29 is 14.3 Å². The van der Waals surface area contributed by atoms with Crippen molar-refractivity contribution in [3.05, 3.63) is 41.2 Å².